The molecule has 6 heteroatoms. The summed E-state index contributed by atoms with van der Waals surface area (Å²) in [6, 6.07) is 5.48. The van der Waals surface area contributed by atoms with E-state index in [0.29, 0.717) is 43.3 Å². The van der Waals surface area contributed by atoms with Crippen LogP contribution in [0.1, 0.15) is 19.2 Å². The molecule has 1 aliphatic heterocycles. The van der Waals surface area contributed by atoms with Crippen molar-refractivity contribution >= 4 is 5.69 Å². The Hall–Kier alpha value is -2.11. The summed E-state index contributed by atoms with van der Waals surface area (Å²) in [5.41, 5.74) is 7.34. The highest BCUT2D eigenvalue weighted by Gasteiger charge is 2.23. The molecule has 0 bridgehead atoms. The van der Waals surface area contributed by atoms with E-state index in [4.69, 9.17) is 10.5 Å². The first-order chi connectivity index (χ1) is 9.69. The molecule has 1 aromatic heterocycles. The number of ether oxygens (including phenoxy) is 1. The van der Waals surface area contributed by atoms with Gasteiger partial charge in [0.25, 0.3) is 0 Å². The maximum Gasteiger partial charge on any atom is 0.164 e. The van der Waals surface area contributed by atoms with E-state index in [1.807, 2.05) is 23.6 Å². The highest BCUT2D eigenvalue weighted by Crippen LogP contribution is 2.29. The molecule has 0 saturated heterocycles. The Balaban J connectivity index is 1.98. The normalized spacial score (nSPS) is 17.8. The number of alkyl halides is 1. The number of nitrogens with zero attached hydrogens (tertiary/aromatic N) is 3. The summed E-state index contributed by atoms with van der Waals surface area (Å²) in [6.07, 6.45) is 0.307. The Morgan fingerprint density at radius 3 is 3.05 bits per heavy atom. The minimum Gasteiger partial charge on any atom is -0.492 e. The fourth-order valence-electron chi connectivity index (χ4n) is 2.48. The van der Waals surface area contributed by atoms with Crippen molar-refractivity contribution in [1.29, 1.82) is 0 Å². The molecule has 0 spiro atoms. The molecule has 0 fully saturated rings. The second-order valence-electron chi connectivity index (χ2n) is 4.87. The number of anilines is 1. The van der Waals surface area contributed by atoms with Gasteiger partial charge in [0.2, 0.25) is 0 Å². The van der Waals surface area contributed by atoms with E-state index >= 15 is 0 Å². The second-order valence-corrected chi connectivity index (χ2v) is 4.87. The number of aromatic nitrogens is 3. The van der Waals surface area contributed by atoms with Gasteiger partial charge in [0.1, 0.15) is 17.7 Å². The van der Waals surface area contributed by atoms with Gasteiger partial charge in [-0.2, -0.15) is 0 Å². The lowest BCUT2D eigenvalue weighted by atomic mass is 10.1. The lowest BCUT2D eigenvalue weighted by Crippen LogP contribution is -2.21. The lowest BCUT2D eigenvalue weighted by molar-refractivity contribution is 0.254. The average Bonchev–Trinajstić information content (AvgIpc) is 2.84. The van der Waals surface area contributed by atoms with E-state index < -0.39 is 6.17 Å². The standard InChI is InChI=1S/C14H17FN4O/c1-2-20-12-5-3-9(7-11(12)16)14-18-17-13-6-4-10(15)8-19(13)14/h3,5,7,10H,2,4,6,8,16H2,1H3. The Labute approximate surface area is 116 Å². The van der Waals surface area contributed by atoms with Gasteiger partial charge >= 0.3 is 0 Å². The van der Waals surface area contributed by atoms with E-state index in [-0.39, 0.29) is 0 Å². The number of nitrogen functional groups attached to an aromatic ring is 1. The van der Waals surface area contributed by atoms with Crippen LogP contribution in [0.3, 0.4) is 0 Å². The van der Waals surface area contributed by atoms with E-state index in [1.54, 1.807) is 6.07 Å². The van der Waals surface area contributed by atoms with Crippen LogP contribution >= 0.6 is 0 Å². The molecule has 106 valence electrons. The molecule has 0 aliphatic carbocycles. The monoisotopic (exact) mass is 276 g/mol. The molecule has 1 aromatic carbocycles. The zero-order valence-corrected chi connectivity index (χ0v) is 11.3. The minimum atomic E-state index is -0.836. The number of hydrogen-bond donors (Lipinski definition) is 1. The van der Waals surface area contributed by atoms with Gasteiger partial charge in [0, 0.05) is 12.0 Å². The molecule has 2 aromatic rings. The van der Waals surface area contributed by atoms with Gasteiger partial charge in [-0.15, -0.1) is 10.2 Å². The molecule has 1 aliphatic rings. The maximum atomic E-state index is 13.6. The smallest absolute Gasteiger partial charge is 0.164 e. The third-order valence-corrected chi connectivity index (χ3v) is 3.46. The summed E-state index contributed by atoms with van der Waals surface area (Å²) in [5.74, 6) is 2.15. The summed E-state index contributed by atoms with van der Waals surface area (Å²) in [5, 5.41) is 8.30. The molecule has 5 nitrogen and oxygen atoms in total. The van der Waals surface area contributed by atoms with Crippen molar-refractivity contribution in [3.63, 3.8) is 0 Å². The Bertz CT molecular complexity index is 626. The molecule has 0 saturated carbocycles. The predicted octanol–water partition coefficient (Wildman–Crippen LogP) is 2.21. The van der Waals surface area contributed by atoms with Crippen molar-refractivity contribution in [3.05, 3.63) is 24.0 Å². The number of benzene rings is 1. The summed E-state index contributed by atoms with van der Waals surface area (Å²) in [4.78, 5) is 0. The van der Waals surface area contributed by atoms with Crippen LogP contribution in [0.15, 0.2) is 18.2 Å². The second kappa shape index (κ2) is 5.11. The van der Waals surface area contributed by atoms with Crippen molar-refractivity contribution in [1.82, 2.24) is 14.8 Å². The van der Waals surface area contributed by atoms with Gasteiger partial charge in [0.05, 0.1) is 18.8 Å². The van der Waals surface area contributed by atoms with Crippen LogP contribution in [0.2, 0.25) is 0 Å². The number of hydrogen-bond acceptors (Lipinski definition) is 4. The van der Waals surface area contributed by atoms with Crippen LogP contribution < -0.4 is 10.5 Å². The number of rotatable bonds is 3. The highest BCUT2D eigenvalue weighted by atomic mass is 19.1. The van der Waals surface area contributed by atoms with Crippen LogP contribution in [-0.4, -0.2) is 27.5 Å². The Morgan fingerprint density at radius 1 is 1.45 bits per heavy atom. The van der Waals surface area contributed by atoms with E-state index in [0.717, 1.165) is 11.4 Å². The maximum absolute atomic E-state index is 13.6. The van der Waals surface area contributed by atoms with Crippen molar-refractivity contribution in [2.75, 3.05) is 12.3 Å². The first-order valence-corrected chi connectivity index (χ1v) is 6.78. The fraction of sp³-hybridized carbons (Fsp3) is 0.429. The lowest BCUT2D eigenvalue weighted by Gasteiger charge is -2.18. The summed E-state index contributed by atoms with van der Waals surface area (Å²) in [6.45, 7) is 2.78. The molecule has 2 heterocycles. The average molecular weight is 276 g/mol. The number of nitrogens with two attached hydrogens (primary N) is 1. The first kappa shape index (κ1) is 12.9. The van der Waals surface area contributed by atoms with Gasteiger partial charge in [-0.05, 0) is 31.5 Å². The van der Waals surface area contributed by atoms with E-state index in [1.165, 1.54) is 0 Å². The molecule has 1 atom stereocenters. The quantitative estimate of drug-likeness (QED) is 0.873. The SMILES string of the molecule is CCOc1ccc(-c2nnc3n2CC(F)CC3)cc1N. The molecule has 0 radical (unpaired) electrons. The largest absolute Gasteiger partial charge is 0.492 e. The molecule has 0 amide bonds. The molecule has 2 N–H and O–H groups in total. The van der Waals surface area contributed by atoms with Crippen molar-refractivity contribution in [2.45, 2.75) is 32.5 Å². The third-order valence-electron chi connectivity index (χ3n) is 3.46. The zero-order valence-electron chi connectivity index (χ0n) is 11.3. The van der Waals surface area contributed by atoms with E-state index in [9.17, 15) is 4.39 Å². The zero-order chi connectivity index (χ0) is 14.1. The van der Waals surface area contributed by atoms with Crippen molar-refractivity contribution < 1.29 is 9.13 Å². The predicted molar refractivity (Wildman–Crippen MR) is 74.3 cm³/mol. The van der Waals surface area contributed by atoms with Crippen LogP contribution in [0.5, 0.6) is 5.75 Å². The number of halogens is 1. The van der Waals surface area contributed by atoms with Crippen molar-refractivity contribution in [3.8, 4) is 17.1 Å². The van der Waals surface area contributed by atoms with Gasteiger partial charge in [0.15, 0.2) is 5.82 Å². The van der Waals surface area contributed by atoms with Gasteiger partial charge in [-0.25, -0.2) is 4.39 Å². The van der Waals surface area contributed by atoms with Crippen LogP contribution in [0.25, 0.3) is 11.4 Å². The molecule has 1 unspecified atom stereocenters. The van der Waals surface area contributed by atoms with Crippen molar-refractivity contribution in [2.24, 2.45) is 0 Å². The number of aryl methyl sites for hydroxylation is 1. The highest BCUT2D eigenvalue weighted by molar-refractivity contribution is 5.66. The molecule has 20 heavy (non-hydrogen) atoms. The Morgan fingerprint density at radius 2 is 2.30 bits per heavy atom. The van der Waals surface area contributed by atoms with Gasteiger partial charge in [-0.1, -0.05) is 0 Å². The molecular weight excluding hydrogens is 259 g/mol. The molecular formula is C14H17FN4O. The van der Waals surface area contributed by atoms with Crippen LogP contribution in [-0.2, 0) is 13.0 Å². The number of fused-ring (bicyclic) bond motifs is 1. The molecule has 3 rings (SSSR count). The third kappa shape index (κ3) is 2.21. The Kier molecular flexibility index (Phi) is 3.30. The van der Waals surface area contributed by atoms with E-state index in [2.05, 4.69) is 10.2 Å². The first-order valence-electron chi connectivity index (χ1n) is 6.78. The topological polar surface area (TPSA) is 66.0 Å². The van der Waals surface area contributed by atoms with Crippen LogP contribution in [0, 0.1) is 0 Å². The van der Waals surface area contributed by atoms with Gasteiger partial charge < -0.3 is 15.0 Å². The fourth-order valence-corrected chi connectivity index (χ4v) is 2.48. The minimum absolute atomic E-state index is 0.310. The summed E-state index contributed by atoms with van der Waals surface area (Å²) >= 11 is 0. The summed E-state index contributed by atoms with van der Waals surface area (Å²) < 4.78 is 20.8. The van der Waals surface area contributed by atoms with Gasteiger partial charge in [-0.3, -0.25) is 0 Å². The van der Waals surface area contributed by atoms with Crippen LogP contribution in [0.4, 0.5) is 10.1 Å². The summed E-state index contributed by atoms with van der Waals surface area (Å²) in [7, 11) is 0.